The van der Waals surface area contributed by atoms with Gasteiger partial charge in [-0.3, -0.25) is 0 Å². The summed E-state index contributed by atoms with van der Waals surface area (Å²) in [6.07, 6.45) is 1.15. The number of piperidine rings is 1. The lowest BCUT2D eigenvalue weighted by atomic mass is 9.95. The van der Waals surface area contributed by atoms with Gasteiger partial charge in [0.25, 0.3) is 0 Å². The molecule has 4 nitrogen and oxygen atoms in total. The molecular weight excluding hydrogens is 310 g/mol. The van der Waals surface area contributed by atoms with Crippen molar-refractivity contribution < 1.29 is 14.6 Å². The van der Waals surface area contributed by atoms with Crippen LogP contribution in [-0.4, -0.2) is 37.4 Å². The maximum absolute atomic E-state index is 11.4. The Morgan fingerprint density at radius 2 is 2.26 bits per heavy atom. The highest BCUT2D eigenvalue weighted by molar-refractivity contribution is 9.10. The smallest absolute Gasteiger partial charge is 0.338 e. The number of benzene rings is 1. The normalized spacial score (nSPS) is 23.4. The van der Waals surface area contributed by atoms with E-state index in [4.69, 9.17) is 4.74 Å². The average Bonchev–Trinajstić information content (AvgIpc) is 2.38. The number of halogens is 1. The minimum atomic E-state index is -0.907. The van der Waals surface area contributed by atoms with Gasteiger partial charge in [-0.25, -0.2) is 4.79 Å². The summed E-state index contributed by atoms with van der Waals surface area (Å²) >= 11 is 3.32. The number of hydrogen-bond donors (Lipinski definition) is 1. The maximum Gasteiger partial charge on any atom is 0.338 e. The first-order valence-electron chi connectivity index (χ1n) is 6.34. The fourth-order valence-corrected chi connectivity index (χ4v) is 3.07. The van der Waals surface area contributed by atoms with E-state index in [0.717, 1.165) is 25.2 Å². The summed E-state index contributed by atoms with van der Waals surface area (Å²) in [6.45, 7) is 3.76. The van der Waals surface area contributed by atoms with Crippen LogP contribution in [-0.2, 0) is 4.74 Å². The molecule has 0 spiro atoms. The molecule has 104 valence electrons. The van der Waals surface area contributed by atoms with Crippen LogP contribution in [0.15, 0.2) is 22.7 Å². The van der Waals surface area contributed by atoms with Gasteiger partial charge in [-0.05, 0) is 40.4 Å². The number of methoxy groups -OCH3 is 1. The topological polar surface area (TPSA) is 49.8 Å². The maximum atomic E-state index is 11.4. The molecule has 1 aliphatic heterocycles. The SMILES string of the molecule is COC1CN(c2cccc(Br)c2C(=O)O)CCC1C. The first-order valence-corrected chi connectivity index (χ1v) is 7.13. The van der Waals surface area contributed by atoms with Crippen molar-refractivity contribution in [2.75, 3.05) is 25.1 Å². The lowest BCUT2D eigenvalue weighted by molar-refractivity contribution is 0.0496. The Morgan fingerprint density at radius 1 is 1.53 bits per heavy atom. The van der Waals surface area contributed by atoms with Crippen LogP contribution in [0.5, 0.6) is 0 Å². The quantitative estimate of drug-likeness (QED) is 0.927. The monoisotopic (exact) mass is 327 g/mol. The second-order valence-electron chi connectivity index (χ2n) is 4.93. The zero-order chi connectivity index (χ0) is 14.0. The van der Waals surface area contributed by atoms with E-state index in [2.05, 4.69) is 27.8 Å². The Hall–Kier alpha value is -1.07. The molecule has 2 rings (SSSR count). The van der Waals surface area contributed by atoms with E-state index in [1.54, 1.807) is 13.2 Å². The Bertz CT molecular complexity index is 478. The van der Waals surface area contributed by atoms with Crippen LogP contribution in [0, 0.1) is 5.92 Å². The molecule has 0 bridgehead atoms. The van der Waals surface area contributed by atoms with Crippen molar-refractivity contribution >= 4 is 27.6 Å². The molecule has 1 N–H and O–H groups in total. The highest BCUT2D eigenvalue weighted by atomic mass is 79.9. The number of hydrogen-bond acceptors (Lipinski definition) is 3. The van der Waals surface area contributed by atoms with Gasteiger partial charge in [-0.2, -0.15) is 0 Å². The van der Waals surface area contributed by atoms with Crippen molar-refractivity contribution in [2.24, 2.45) is 5.92 Å². The third-order valence-corrected chi connectivity index (χ3v) is 4.40. The largest absolute Gasteiger partial charge is 0.478 e. The van der Waals surface area contributed by atoms with Gasteiger partial charge in [-0.1, -0.05) is 13.0 Å². The summed E-state index contributed by atoms with van der Waals surface area (Å²) in [7, 11) is 1.71. The van der Waals surface area contributed by atoms with E-state index in [1.807, 2.05) is 12.1 Å². The molecule has 0 amide bonds. The number of carboxylic acids is 1. The standard InChI is InChI=1S/C14H18BrNO3/c1-9-6-7-16(8-12(9)19-2)11-5-3-4-10(15)13(11)14(17)18/h3-5,9,12H,6-8H2,1-2H3,(H,17,18). The first kappa shape index (κ1) is 14.3. The van der Waals surface area contributed by atoms with Crippen molar-refractivity contribution in [1.82, 2.24) is 0 Å². The van der Waals surface area contributed by atoms with Gasteiger partial charge in [-0.15, -0.1) is 0 Å². The van der Waals surface area contributed by atoms with E-state index in [0.29, 0.717) is 16.0 Å². The van der Waals surface area contributed by atoms with E-state index in [-0.39, 0.29) is 6.10 Å². The summed E-state index contributed by atoms with van der Waals surface area (Å²) in [4.78, 5) is 13.5. The molecule has 2 atom stereocenters. The van der Waals surface area contributed by atoms with Crippen molar-refractivity contribution in [3.05, 3.63) is 28.2 Å². The van der Waals surface area contributed by atoms with Crippen molar-refractivity contribution in [3.63, 3.8) is 0 Å². The van der Waals surface area contributed by atoms with E-state index < -0.39 is 5.97 Å². The fourth-order valence-electron chi connectivity index (χ4n) is 2.55. The minimum absolute atomic E-state index is 0.148. The van der Waals surface area contributed by atoms with Gasteiger partial charge < -0.3 is 14.7 Å². The Morgan fingerprint density at radius 3 is 2.89 bits per heavy atom. The zero-order valence-corrected chi connectivity index (χ0v) is 12.7. The van der Waals surface area contributed by atoms with Crippen molar-refractivity contribution in [1.29, 1.82) is 0 Å². The molecule has 19 heavy (non-hydrogen) atoms. The highest BCUT2D eigenvalue weighted by Crippen LogP contribution is 2.31. The predicted octanol–water partition coefficient (Wildman–Crippen LogP) is 3.01. The van der Waals surface area contributed by atoms with Gasteiger partial charge in [0.15, 0.2) is 0 Å². The van der Waals surface area contributed by atoms with Crippen LogP contribution < -0.4 is 4.90 Å². The molecule has 1 aromatic rings. The molecule has 0 saturated carbocycles. The number of anilines is 1. The molecule has 1 aliphatic rings. The summed E-state index contributed by atoms with van der Waals surface area (Å²) in [5.74, 6) is -0.406. The van der Waals surface area contributed by atoms with Crippen molar-refractivity contribution in [3.8, 4) is 0 Å². The van der Waals surface area contributed by atoms with E-state index in [1.165, 1.54) is 0 Å². The third-order valence-electron chi connectivity index (χ3n) is 3.74. The van der Waals surface area contributed by atoms with Crippen LogP contribution in [0.4, 0.5) is 5.69 Å². The first-order chi connectivity index (χ1) is 9.04. The van der Waals surface area contributed by atoms with E-state index >= 15 is 0 Å². The number of nitrogens with zero attached hydrogens (tertiary/aromatic N) is 1. The number of carbonyl (C=O) groups is 1. The lowest BCUT2D eigenvalue weighted by Gasteiger charge is -2.38. The zero-order valence-electron chi connectivity index (χ0n) is 11.1. The molecule has 0 aromatic heterocycles. The van der Waals surface area contributed by atoms with Crippen molar-refractivity contribution in [2.45, 2.75) is 19.4 Å². The van der Waals surface area contributed by atoms with Crippen LogP contribution in [0.1, 0.15) is 23.7 Å². The van der Waals surface area contributed by atoms with Crippen LogP contribution >= 0.6 is 15.9 Å². The summed E-state index contributed by atoms with van der Waals surface area (Å²) in [5, 5.41) is 9.36. The molecule has 5 heteroatoms. The van der Waals surface area contributed by atoms with Gasteiger partial charge in [0.1, 0.15) is 0 Å². The molecule has 1 fully saturated rings. The molecule has 2 unspecified atom stereocenters. The number of rotatable bonds is 3. The minimum Gasteiger partial charge on any atom is -0.478 e. The second-order valence-corrected chi connectivity index (χ2v) is 5.78. The van der Waals surface area contributed by atoms with Crippen LogP contribution in [0.2, 0.25) is 0 Å². The lowest BCUT2D eigenvalue weighted by Crippen LogP contribution is -2.44. The Kier molecular flexibility index (Phi) is 4.47. The second kappa shape index (κ2) is 5.92. The van der Waals surface area contributed by atoms with Crippen LogP contribution in [0.25, 0.3) is 0 Å². The van der Waals surface area contributed by atoms with Crippen LogP contribution in [0.3, 0.4) is 0 Å². The predicted molar refractivity (Wildman–Crippen MR) is 77.9 cm³/mol. The number of aromatic carboxylic acids is 1. The molecule has 1 saturated heterocycles. The number of carboxylic acid groups (broad SMARTS) is 1. The number of ether oxygens (including phenoxy) is 1. The highest BCUT2D eigenvalue weighted by Gasteiger charge is 2.28. The summed E-state index contributed by atoms with van der Waals surface area (Å²) in [6, 6.07) is 5.48. The van der Waals surface area contributed by atoms with E-state index in [9.17, 15) is 9.90 Å². The summed E-state index contributed by atoms with van der Waals surface area (Å²) < 4.78 is 6.10. The molecule has 1 heterocycles. The van der Waals surface area contributed by atoms with Gasteiger partial charge in [0.2, 0.25) is 0 Å². The van der Waals surface area contributed by atoms with Gasteiger partial charge in [0, 0.05) is 24.7 Å². The molecular formula is C14H18BrNO3. The molecule has 0 radical (unpaired) electrons. The Balaban J connectivity index is 2.32. The average molecular weight is 328 g/mol. The molecule has 1 aromatic carbocycles. The van der Waals surface area contributed by atoms with Gasteiger partial charge >= 0.3 is 5.97 Å². The van der Waals surface area contributed by atoms with Gasteiger partial charge in [0.05, 0.1) is 17.4 Å². The third kappa shape index (κ3) is 2.92. The Labute approximate surface area is 121 Å². The molecule has 0 aliphatic carbocycles. The summed E-state index contributed by atoms with van der Waals surface area (Å²) in [5.41, 5.74) is 1.09. The fraction of sp³-hybridized carbons (Fsp3) is 0.500.